The molecule has 0 bridgehead atoms. The number of para-hydroxylation sites is 1. The lowest BCUT2D eigenvalue weighted by atomic mass is 10.1. The van der Waals surface area contributed by atoms with Crippen LogP contribution in [0.2, 0.25) is 0 Å². The van der Waals surface area contributed by atoms with E-state index in [4.69, 9.17) is 9.84 Å². The molecule has 1 saturated heterocycles. The molecule has 1 aliphatic heterocycles. The molecule has 4 rings (SSSR count). The zero-order chi connectivity index (χ0) is 20.1. The Hall–Kier alpha value is -3.34. The van der Waals surface area contributed by atoms with E-state index < -0.39 is 0 Å². The molecular formula is C24H25N3O2. The highest BCUT2D eigenvalue weighted by molar-refractivity contribution is 5.93. The zero-order valence-electron chi connectivity index (χ0n) is 16.6. The molecule has 148 valence electrons. The number of ether oxygens (including phenoxy) is 1. The Labute approximate surface area is 171 Å². The summed E-state index contributed by atoms with van der Waals surface area (Å²) in [6.07, 6.45) is 8.90. The number of likely N-dealkylation sites (tertiary alicyclic amines) is 1. The number of hydrogen-bond donors (Lipinski definition) is 0. The maximum atomic E-state index is 12.6. The molecule has 0 radical (unpaired) electrons. The zero-order valence-corrected chi connectivity index (χ0v) is 16.6. The van der Waals surface area contributed by atoms with E-state index in [0.717, 1.165) is 54.2 Å². The molecule has 5 nitrogen and oxygen atoms in total. The number of rotatable bonds is 5. The fourth-order valence-corrected chi connectivity index (χ4v) is 3.58. The maximum Gasteiger partial charge on any atom is 0.246 e. The van der Waals surface area contributed by atoms with Crippen LogP contribution in [-0.2, 0) is 4.79 Å². The maximum absolute atomic E-state index is 12.6. The highest BCUT2D eigenvalue weighted by atomic mass is 16.5. The van der Waals surface area contributed by atoms with Crippen molar-refractivity contribution in [2.75, 3.05) is 20.2 Å². The van der Waals surface area contributed by atoms with Crippen LogP contribution in [0.4, 0.5) is 0 Å². The van der Waals surface area contributed by atoms with Crippen LogP contribution in [0.25, 0.3) is 23.0 Å². The highest BCUT2D eigenvalue weighted by Crippen LogP contribution is 2.27. The lowest BCUT2D eigenvalue weighted by Gasteiger charge is -2.25. The van der Waals surface area contributed by atoms with Crippen LogP contribution in [0, 0.1) is 0 Å². The Bertz CT molecular complexity index is 985. The summed E-state index contributed by atoms with van der Waals surface area (Å²) in [7, 11) is 1.65. The number of methoxy groups -OCH3 is 1. The van der Waals surface area contributed by atoms with Crippen molar-refractivity contribution in [2.24, 2.45) is 0 Å². The monoisotopic (exact) mass is 387 g/mol. The van der Waals surface area contributed by atoms with E-state index in [1.54, 1.807) is 13.2 Å². The number of aromatic nitrogens is 2. The van der Waals surface area contributed by atoms with Crippen LogP contribution in [0.15, 0.2) is 66.9 Å². The van der Waals surface area contributed by atoms with E-state index in [0.29, 0.717) is 0 Å². The average Bonchev–Trinajstić information content (AvgIpc) is 3.23. The average molecular weight is 387 g/mol. The van der Waals surface area contributed by atoms with Crippen molar-refractivity contribution >= 4 is 12.0 Å². The van der Waals surface area contributed by atoms with Gasteiger partial charge in [0, 0.05) is 36.5 Å². The molecule has 0 aliphatic carbocycles. The predicted octanol–water partition coefficient (Wildman–Crippen LogP) is 4.57. The molecule has 2 aromatic carbocycles. The minimum atomic E-state index is 0.0674. The topological polar surface area (TPSA) is 47.4 Å². The molecule has 1 aromatic heterocycles. The van der Waals surface area contributed by atoms with Crippen molar-refractivity contribution < 1.29 is 9.53 Å². The Morgan fingerprint density at radius 1 is 1.00 bits per heavy atom. The number of amides is 1. The standard InChI is InChI=1S/C24H25N3O2/c1-29-22-13-10-19(11-14-22)24-20(12-15-23(28)26-16-6-3-7-17-26)18-27(25-24)21-8-4-2-5-9-21/h2,4-5,8-15,18H,3,6-7,16-17H2,1H3. The van der Waals surface area contributed by atoms with Gasteiger partial charge in [0.05, 0.1) is 18.5 Å². The number of hydrogen-bond acceptors (Lipinski definition) is 3. The number of piperidine rings is 1. The fourth-order valence-electron chi connectivity index (χ4n) is 3.58. The van der Waals surface area contributed by atoms with Crippen LogP contribution in [-0.4, -0.2) is 40.8 Å². The van der Waals surface area contributed by atoms with Crippen LogP contribution in [0.5, 0.6) is 5.75 Å². The first-order chi connectivity index (χ1) is 14.2. The van der Waals surface area contributed by atoms with Crippen LogP contribution >= 0.6 is 0 Å². The van der Waals surface area contributed by atoms with Crippen LogP contribution in [0.1, 0.15) is 24.8 Å². The molecule has 0 unspecified atom stereocenters. The second-order valence-electron chi connectivity index (χ2n) is 7.16. The van der Waals surface area contributed by atoms with Crippen molar-refractivity contribution in [2.45, 2.75) is 19.3 Å². The van der Waals surface area contributed by atoms with Crippen molar-refractivity contribution in [1.29, 1.82) is 0 Å². The summed E-state index contributed by atoms with van der Waals surface area (Å²) in [4.78, 5) is 14.5. The second kappa shape index (κ2) is 8.78. The van der Waals surface area contributed by atoms with Gasteiger partial charge in [-0.15, -0.1) is 0 Å². The summed E-state index contributed by atoms with van der Waals surface area (Å²) in [5.41, 5.74) is 3.69. The van der Waals surface area contributed by atoms with Gasteiger partial charge in [-0.1, -0.05) is 18.2 Å². The van der Waals surface area contributed by atoms with Gasteiger partial charge in [0.15, 0.2) is 0 Å². The highest BCUT2D eigenvalue weighted by Gasteiger charge is 2.15. The Morgan fingerprint density at radius 3 is 2.41 bits per heavy atom. The first-order valence-corrected chi connectivity index (χ1v) is 10.0. The Kier molecular flexibility index (Phi) is 5.75. The largest absolute Gasteiger partial charge is 0.497 e. The first kappa shape index (κ1) is 19.0. The fraction of sp³-hybridized carbons (Fsp3) is 0.250. The molecule has 3 aromatic rings. The summed E-state index contributed by atoms with van der Waals surface area (Å²) >= 11 is 0. The number of carbonyl (C=O) groups is 1. The Morgan fingerprint density at radius 2 is 1.72 bits per heavy atom. The Balaban J connectivity index is 1.67. The van der Waals surface area contributed by atoms with E-state index in [9.17, 15) is 4.79 Å². The first-order valence-electron chi connectivity index (χ1n) is 10.0. The van der Waals surface area contributed by atoms with E-state index in [-0.39, 0.29) is 5.91 Å². The lowest BCUT2D eigenvalue weighted by molar-refractivity contribution is -0.126. The summed E-state index contributed by atoms with van der Waals surface area (Å²) < 4.78 is 7.12. The molecule has 29 heavy (non-hydrogen) atoms. The number of carbonyl (C=O) groups excluding carboxylic acids is 1. The number of benzene rings is 2. The third-order valence-electron chi connectivity index (χ3n) is 5.20. The smallest absolute Gasteiger partial charge is 0.246 e. The minimum absolute atomic E-state index is 0.0674. The summed E-state index contributed by atoms with van der Waals surface area (Å²) in [6, 6.07) is 17.8. The molecule has 0 atom stereocenters. The van der Waals surface area contributed by atoms with Crippen LogP contribution < -0.4 is 4.74 Å². The SMILES string of the molecule is COc1ccc(-c2nn(-c3ccccc3)cc2C=CC(=O)N2CCCCC2)cc1. The van der Waals surface area contributed by atoms with Gasteiger partial charge in [0.1, 0.15) is 5.75 Å². The molecule has 0 N–H and O–H groups in total. The second-order valence-corrected chi connectivity index (χ2v) is 7.16. The van der Waals surface area contributed by atoms with Crippen molar-refractivity contribution in [1.82, 2.24) is 14.7 Å². The number of nitrogens with zero attached hydrogens (tertiary/aromatic N) is 3. The van der Waals surface area contributed by atoms with Gasteiger partial charge in [0.2, 0.25) is 5.91 Å². The van der Waals surface area contributed by atoms with Crippen molar-refractivity contribution in [3.8, 4) is 22.7 Å². The van der Waals surface area contributed by atoms with Gasteiger partial charge in [-0.25, -0.2) is 4.68 Å². The molecule has 1 aliphatic rings. The minimum Gasteiger partial charge on any atom is -0.497 e. The summed E-state index contributed by atoms with van der Waals surface area (Å²) in [5.74, 6) is 0.867. The molecule has 1 fully saturated rings. The van der Waals surface area contributed by atoms with E-state index in [1.165, 1.54) is 6.42 Å². The third-order valence-corrected chi connectivity index (χ3v) is 5.20. The van der Waals surface area contributed by atoms with E-state index in [1.807, 2.05) is 76.5 Å². The van der Waals surface area contributed by atoms with Gasteiger partial charge in [-0.2, -0.15) is 5.10 Å². The van der Waals surface area contributed by atoms with Gasteiger partial charge < -0.3 is 9.64 Å². The van der Waals surface area contributed by atoms with Crippen molar-refractivity contribution in [3.05, 3.63) is 72.4 Å². The molecule has 5 heteroatoms. The molecular weight excluding hydrogens is 362 g/mol. The third kappa shape index (κ3) is 4.40. The van der Waals surface area contributed by atoms with Crippen LogP contribution in [0.3, 0.4) is 0 Å². The van der Waals surface area contributed by atoms with Gasteiger partial charge in [-0.05, 0) is 61.7 Å². The van der Waals surface area contributed by atoms with Gasteiger partial charge >= 0.3 is 0 Å². The molecule has 0 spiro atoms. The molecule has 1 amide bonds. The summed E-state index contributed by atoms with van der Waals surface area (Å²) in [5, 5.41) is 4.80. The van der Waals surface area contributed by atoms with E-state index in [2.05, 4.69) is 0 Å². The van der Waals surface area contributed by atoms with E-state index >= 15 is 0 Å². The molecule has 2 heterocycles. The normalized spacial score (nSPS) is 14.3. The predicted molar refractivity (Wildman–Crippen MR) is 115 cm³/mol. The lowest BCUT2D eigenvalue weighted by Crippen LogP contribution is -2.34. The quantitative estimate of drug-likeness (QED) is 0.603. The van der Waals surface area contributed by atoms with Crippen molar-refractivity contribution in [3.63, 3.8) is 0 Å². The van der Waals surface area contributed by atoms with Gasteiger partial charge in [-0.3, -0.25) is 4.79 Å². The van der Waals surface area contributed by atoms with Gasteiger partial charge in [0.25, 0.3) is 0 Å². The molecule has 0 saturated carbocycles. The summed E-state index contributed by atoms with van der Waals surface area (Å²) in [6.45, 7) is 1.69.